The summed E-state index contributed by atoms with van der Waals surface area (Å²) < 4.78 is 10.6. The summed E-state index contributed by atoms with van der Waals surface area (Å²) in [5, 5.41) is 3.85. The highest BCUT2D eigenvalue weighted by atomic mass is 16.5. The number of nitrogens with zero attached hydrogens (tertiary/aromatic N) is 4. The fourth-order valence-electron chi connectivity index (χ4n) is 1.13. The fourth-order valence-corrected chi connectivity index (χ4v) is 1.13. The van der Waals surface area contributed by atoms with Crippen LogP contribution >= 0.6 is 0 Å². The summed E-state index contributed by atoms with van der Waals surface area (Å²) in [7, 11) is 0. The smallest absolute Gasteiger partial charge is 0.232 e. The van der Waals surface area contributed by atoms with Gasteiger partial charge in [0.25, 0.3) is 0 Å². The Hall–Kier alpha value is -1.98. The van der Waals surface area contributed by atoms with Crippen LogP contribution in [-0.4, -0.2) is 20.1 Å². The van der Waals surface area contributed by atoms with Gasteiger partial charge < -0.3 is 9.26 Å². The Morgan fingerprint density at radius 1 is 1.24 bits per heavy atom. The Morgan fingerprint density at radius 3 is 2.53 bits per heavy atom. The molecule has 0 aliphatic heterocycles. The molecule has 6 heteroatoms. The van der Waals surface area contributed by atoms with Crippen LogP contribution in [0.25, 0.3) is 0 Å². The van der Waals surface area contributed by atoms with Gasteiger partial charge in [-0.05, 0) is 0 Å². The molecule has 0 aliphatic carbocycles. The monoisotopic (exact) mass is 234 g/mol. The maximum absolute atomic E-state index is 5.41. The van der Waals surface area contributed by atoms with Crippen LogP contribution in [0.1, 0.15) is 32.5 Å². The molecule has 0 N–H and O–H groups in total. The van der Waals surface area contributed by atoms with Gasteiger partial charge in [-0.1, -0.05) is 25.9 Å². The normalized spacial score (nSPS) is 11.5. The largest absolute Gasteiger partial charge is 0.482 e. The molecule has 2 aromatic heterocycles. The standard InChI is InChI=1S/C11H14N4O2/c1-11(2,3)10-14-9(15-17-10)6-16-8-4-12-7-13-5-8/h4-5,7H,6H2,1-3H3. The lowest BCUT2D eigenvalue weighted by atomic mass is 9.97. The summed E-state index contributed by atoms with van der Waals surface area (Å²) in [6, 6.07) is 0. The number of ether oxygens (including phenoxy) is 1. The number of rotatable bonds is 3. The molecular formula is C11H14N4O2. The Bertz CT molecular complexity index is 476. The highest BCUT2D eigenvalue weighted by Crippen LogP contribution is 2.19. The first-order valence-corrected chi connectivity index (χ1v) is 5.26. The first-order valence-electron chi connectivity index (χ1n) is 5.26. The molecule has 0 radical (unpaired) electrons. The first kappa shape index (κ1) is 11.5. The van der Waals surface area contributed by atoms with E-state index in [0.29, 0.717) is 17.5 Å². The predicted molar refractivity (Wildman–Crippen MR) is 59.4 cm³/mol. The average Bonchev–Trinajstić information content (AvgIpc) is 2.76. The van der Waals surface area contributed by atoms with Crippen molar-refractivity contribution < 1.29 is 9.26 Å². The van der Waals surface area contributed by atoms with E-state index in [4.69, 9.17) is 9.26 Å². The van der Waals surface area contributed by atoms with Crippen LogP contribution in [0.4, 0.5) is 0 Å². The second kappa shape index (κ2) is 4.48. The maximum atomic E-state index is 5.41. The molecule has 90 valence electrons. The molecule has 0 atom stereocenters. The van der Waals surface area contributed by atoms with Gasteiger partial charge in [-0.25, -0.2) is 9.97 Å². The van der Waals surface area contributed by atoms with Gasteiger partial charge in [0, 0.05) is 5.41 Å². The van der Waals surface area contributed by atoms with Crippen LogP contribution in [-0.2, 0) is 12.0 Å². The number of hydrogen-bond donors (Lipinski definition) is 0. The van der Waals surface area contributed by atoms with Crippen molar-refractivity contribution in [2.45, 2.75) is 32.8 Å². The molecule has 0 aliphatic rings. The topological polar surface area (TPSA) is 73.9 Å². The van der Waals surface area contributed by atoms with Gasteiger partial charge in [0.1, 0.15) is 6.33 Å². The third-order valence-electron chi connectivity index (χ3n) is 2.01. The van der Waals surface area contributed by atoms with Crippen molar-refractivity contribution in [3.8, 4) is 5.75 Å². The van der Waals surface area contributed by atoms with Gasteiger partial charge >= 0.3 is 0 Å². The molecule has 0 saturated heterocycles. The number of hydrogen-bond acceptors (Lipinski definition) is 6. The second-order valence-electron chi connectivity index (χ2n) is 4.63. The van der Waals surface area contributed by atoms with Crippen LogP contribution in [0.15, 0.2) is 23.2 Å². The average molecular weight is 234 g/mol. The highest BCUT2D eigenvalue weighted by molar-refractivity contribution is 5.10. The maximum Gasteiger partial charge on any atom is 0.232 e. The molecule has 2 rings (SSSR count). The van der Waals surface area contributed by atoms with Crippen molar-refractivity contribution in [3.63, 3.8) is 0 Å². The quantitative estimate of drug-likeness (QED) is 0.805. The molecule has 0 bridgehead atoms. The molecule has 6 nitrogen and oxygen atoms in total. The lowest BCUT2D eigenvalue weighted by Gasteiger charge is -2.10. The van der Waals surface area contributed by atoms with Crippen molar-refractivity contribution in [2.24, 2.45) is 0 Å². The van der Waals surface area contributed by atoms with Crippen molar-refractivity contribution in [2.75, 3.05) is 0 Å². The van der Waals surface area contributed by atoms with E-state index in [-0.39, 0.29) is 12.0 Å². The van der Waals surface area contributed by atoms with Crippen molar-refractivity contribution >= 4 is 0 Å². The van der Waals surface area contributed by atoms with Crippen LogP contribution in [0, 0.1) is 0 Å². The number of aromatic nitrogens is 4. The van der Waals surface area contributed by atoms with Gasteiger partial charge in [-0.2, -0.15) is 4.98 Å². The Morgan fingerprint density at radius 2 is 1.94 bits per heavy atom. The summed E-state index contributed by atoms with van der Waals surface area (Å²) in [6.07, 6.45) is 4.61. The van der Waals surface area contributed by atoms with E-state index in [2.05, 4.69) is 20.1 Å². The fraction of sp³-hybridized carbons (Fsp3) is 0.455. The van der Waals surface area contributed by atoms with Crippen molar-refractivity contribution in [1.29, 1.82) is 0 Å². The van der Waals surface area contributed by atoms with E-state index in [1.54, 1.807) is 12.4 Å². The third kappa shape index (κ3) is 2.99. The molecule has 0 spiro atoms. The van der Waals surface area contributed by atoms with E-state index in [1.807, 2.05) is 20.8 Å². The first-order chi connectivity index (χ1) is 8.05. The van der Waals surface area contributed by atoms with E-state index in [9.17, 15) is 0 Å². The van der Waals surface area contributed by atoms with Crippen LogP contribution in [0.2, 0.25) is 0 Å². The summed E-state index contributed by atoms with van der Waals surface area (Å²) in [5.41, 5.74) is -0.152. The van der Waals surface area contributed by atoms with Gasteiger partial charge in [0.2, 0.25) is 11.7 Å². The lowest BCUT2D eigenvalue weighted by molar-refractivity contribution is 0.278. The minimum absolute atomic E-state index is 0.152. The van der Waals surface area contributed by atoms with Crippen molar-refractivity contribution in [3.05, 3.63) is 30.4 Å². The summed E-state index contributed by atoms with van der Waals surface area (Å²) in [5.74, 6) is 1.69. The van der Waals surface area contributed by atoms with Crippen molar-refractivity contribution in [1.82, 2.24) is 20.1 Å². The predicted octanol–water partition coefficient (Wildman–Crippen LogP) is 1.74. The molecule has 2 heterocycles. The van der Waals surface area contributed by atoms with Gasteiger partial charge in [-0.3, -0.25) is 0 Å². The SMILES string of the molecule is CC(C)(C)c1nc(COc2cncnc2)no1. The zero-order valence-corrected chi connectivity index (χ0v) is 10.0. The summed E-state index contributed by atoms with van der Waals surface area (Å²) in [4.78, 5) is 11.9. The minimum Gasteiger partial charge on any atom is -0.482 e. The molecule has 0 amide bonds. The minimum atomic E-state index is -0.152. The summed E-state index contributed by atoms with van der Waals surface area (Å²) in [6.45, 7) is 6.27. The van der Waals surface area contributed by atoms with Crippen LogP contribution < -0.4 is 4.74 Å². The molecule has 2 aromatic rings. The zero-order chi connectivity index (χ0) is 12.3. The van der Waals surface area contributed by atoms with E-state index >= 15 is 0 Å². The van der Waals surface area contributed by atoms with Gasteiger partial charge in [0.15, 0.2) is 12.4 Å². The molecule has 0 saturated carbocycles. The van der Waals surface area contributed by atoms with E-state index in [0.717, 1.165) is 0 Å². The van der Waals surface area contributed by atoms with Crippen LogP contribution in [0.3, 0.4) is 0 Å². The van der Waals surface area contributed by atoms with Gasteiger partial charge in [0.05, 0.1) is 12.4 Å². The molecule has 17 heavy (non-hydrogen) atoms. The highest BCUT2D eigenvalue weighted by Gasteiger charge is 2.21. The second-order valence-corrected chi connectivity index (χ2v) is 4.63. The Balaban J connectivity index is 1.99. The summed E-state index contributed by atoms with van der Waals surface area (Å²) >= 11 is 0. The van der Waals surface area contributed by atoms with Gasteiger partial charge in [-0.15, -0.1) is 0 Å². The molecule has 0 aromatic carbocycles. The third-order valence-corrected chi connectivity index (χ3v) is 2.01. The van der Waals surface area contributed by atoms with Crippen LogP contribution in [0.5, 0.6) is 5.75 Å². The molecular weight excluding hydrogens is 220 g/mol. The van der Waals surface area contributed by atoms with E-state index in [1.165, 1.54) is 6.33 Å². The molecule has 0 unspecified atom stereocenters. The Kier molecular flexibility index (Phi) is 3.03. The zero-order valence-electron chi connectivity index (χ0n) is 10.0. The lowest BCUT2D eigenvalue weighted by Crippen LogP contribution is -2.11. The van der Waals surface area contributed by atoms with E-state index < -0.39 is 0 Å². The Labute approximate surface area is 99.1 Å². The molecule has 0 fully saturated rings.